The summed E-state index contributed by atoms with van der Waals surface area (Å²) in [6.07, 6.45) is 0. The van der Waals surface area contributed by atoms with Gasteiger partial charge in [-0.1, -0.05) is 23.2 Å². The first-order valence-corrected chi connectivity index (χ1v) is 8.35. The molecule has 2 rings (SSSR count). The van der Waals surface area contributed by atoms with E-state index in [4.69, 9.17) is 44.9 Å². The Kier molecular flexibility index (Phi) is 6.54. The highest BCUT2D eigenvalue weighted by atomic mass is 35.5. The van der Waals surface area contributed by atoms with Crippen molar-refractivity contribution in [2.45, 2.75) is 13.0 Å². The van der Waals surface area contributed by atoms with Gasteiger partial charge in [-0.2, -0.15) is 0 Å². The lowest BCUT2D eigenvalue weighted by Gasteiger charge is -2.20. The number of anilines is 1. The lowest BCUT2D eigenvalue weighted by molar-refractivity contribution is 0.395. The Morgan fingerprint density at radius 2 is 1.79 bits per heavy atom. The van der Waals surface area contributed by atoms with Crippen LogP contribution in [0.5, 0.6) is 11.5 Å². The van der Waals surface area contributed by atoms with Crippen molar-refractivity contribution in [3.8, 4) is 11.5 Å². The fourth-order valence-corrected chi connectivity index (χ4v) is 2.79. The summed E-state index contributed by atoms with van der Waals surface area (Å²) in [5, 5.41) is 7.72. The van der Waals surface area contributed by atoms with Gasteiger partial charge in [-0.3, -0.25) is 0 Å². The van der Waals surface area contributed by atoms with Crippen molar-refractivity contribution in [2.24, 2.45) is 0 Å². The van der Waals surface area contributed by atoms with Crippen LogP contribution in [0, 0.1) is 0 Å². The molecular formula is C17H18Cl2N2O2S. The lowest BCUT2D eigenvalue weighted by atomic mass is 10.1. The predicted molar refractivity (Wildman–Crippen MR) is 104 cm³/mol. The Hall–Kier alpha value is -1.69. The predicted octanol–water partition coefficient (Wildman–Crippen LogP) is 5.06. The Balaban J connectivity index is 2.09. The number of methoxy groups -OCH3 is 2. The summed E-state index contributed by atoms with van der Waals surface area (Å²) in [6.45, 7) is 1.99. The van der Waals surface area contributed by atoms with Gasteiger partial charge in [-0.25, -0.2) is 0 Å². The molecule has 0 aliphatic carbocycles. The van der Waals surface area contributed by atoms with E-state index < -0.39 is 0 Å². The van der Waals surface area contributed by atoms with E-state index in [1.54, 1.807) is 32.4 Å². The minimum atomic E-state index is -0.0853. The topological polar surface area (TPSA) is 42.5 Å². The molecule has 0 radical (unpaired) electrons. The summed E-state index contributed by atoms with van der Waals surface area (Å²) >= 11 is 17.3. The van der Waals surface area contributed by atoms with E-state index in [9.17, 15) is 0 Å². The molecule has 0 heterocycles. The van der Waals surface area contributed by atoms with E-state index >= 15 is 0 Å². The van der Waals surface area contributed by atoms with Gasteiger partial charge < -0.3 is 20.1 Å². The molecule has 2 aromatic rings. The number of hydrogen-bond acceptors (Lipinski definition) is 3. The van der Waals surface area contributed by atoms with E-state index in [-0.39, 0.29) is 6.04 Å². The summed E-state index contributed by atoms with van der Waals surface area (Å²) in [5.74, 6) is 1.51. The standard InChI is InChI=1S/C17H18Cl2N2O2S/c1-10(13-9-12(22-2)5-7-16(13)23-3)20-17(24)21-11-4-6-14(18)15(19)8-11/h4-10H,1-3H3,(H2,20,21,24)/t10-/m0/s1. The summed E-state index contributed by atoms with van der Waals surface area (Å²) in [5.41, 5.74) is 1.70. The summed E-state index contributed by atoms with van der Waals surface area (Å²) in [7, 11) is 3.25. The molecule has 0 fully saturated rings. The Morgan fingerprint density at radius 1 is 1.04 bits per heavy atom. The van der Waals surface area contributed by atoms with Crippen LogP contribution in [-0.2, 0) is 0 Å². The highest BCUT2D eigenvalue weighted by Gasteiger charge is 2.14. The molecule has 0 amide bonds. The molecule has 0 bridgehead atoms. The summed E-state index contributed by atoms with van der Waals surface area (Å²) in [6, 6.07) is 10.8. The van der Waals surface area contributed by atoms with Gasteiger partial charge in [0, 0.05) is 11.3 Å². The first kappa shape index (κ1) is 18.6. The van der Waals surface area contributed by atoms with Crippen LogP contribution < -0.4 is 20.1 Å². The number of rotatable bonds is 5. The quantitative estimate of drug-likeness (QED) is 0.705. The van der Waals surface area contributed by atoms with Gasteiger partial charge in [-0.05, 0) is 55.5 Å². The minimum absolute atomic E-state index is 0.0853. The Labute approximate surface area is 157 Å². The first-order chi connectivity index (χ1) is 11.4. The molecule has 0 saturated heterocycles. The maximum atomic E-state index is 6.01. The number of ether oxygens (including phenoxy) is 2. The molecule has 0 aromatic heterocycles. The molecule has 7 heteroatoms. The lowest BCUT2D eigenvalue weighted by Crippen LogP contribution is -2.31. The zero-order chi connectivity index (χ0) is 17.7. The van der Waals surface area contributed by atoms with Crippen LogP contribution >= 0.6 is 35.4 Å². The van der Waals surface area contributed by atoms with E-state index in [1.807, 2.05) is 25.1 Å². The number of thiocarbonyl (C=S) groups is 1. The third kappa shape index (κ3) is 4.66. The number of nitrogens with one attached hydrogen (secondary N) is 2. The fraction of sp³-hybridized carbons (Fsp3) is 0.235. The van der Waals surface area contributed by atoms with Gasteiger partial charge in [0.1, 0.15) is 11.5 Å². The van der Waals surface area contributed by atoms with Crippen LogP contribution in [0.4, 0.5) is 5.69 Å². The smallest absolute Gasteiger partial charge is 0.171 e. The molecule has 0 unspecified atom stereocenters. The van der Waals surface area contributed by atoms with Crippen LogP contribution in [0.3, 0.4) is 0 Å². The molecule has 0 spiro atoms. The second-order valence-electron chi connectivity index (χ2n) is 5.06. The van der Waals surface area contributed by atoms with Crippen molar-refractivity contribution >= 4 is 46.2 Å². The zero-order valence-electron chi connectivity index (χ0n) is 13.5. The molecular weight excluding hydrogens is 367 g/mol. The molecule has 128 valence electrons. The Bertz CT molecular complexity index is 741. The highest BCUT2D eigenvalue weighted by molar-refractivity contribution is 7.80. The van der Waals surface area contributed by atoms with E-state index in [0.717, 1.165) is 22.7 Å². The second-order valence-corrected chi connectivity index (χ2v) is 6.28. The van der Waals surface area contributed by atoms with Crippen molar-refractivity contribution in [3.05, 3.63) is 52.0 Å². The SMILES string of the molecule is COc1ccc(OC)c([C@H](C)NC(=S)Nc2ccc(Cl)c(Cl)c2)c1. The molecule has 0 aliphatic rings. The monoisotopic (exact) mass is 384 g/mol. The number of hydrogen-bond donors (Lipinski definition) is 2. The van der Waals surface area contributed by atoms with Crippen LogP contribution in [0.25, 0.3) is 0 Å². The van der Waals surface area contributed by atoms with Crippen molar-refractivity contribution in [3.63, 3.8) is 0 Å². The maximum Gasteiger partial charge on any atom is 0.171 e. The number of halogens is 2. The average Bonchev–Trinajstić information content (AvgIpc) is 2.57. The minimum Gasteiger partial charge on any atom is -0.497 e. The van der Waals surface area contributed by atoms with E-state index in [2.05, 4.69) is 10.6 Å². The largest absolute Gasteiger partial charge is 0.497 e. The molecule has 0 aliphatic heterocycles. The molecule has 24 heavy (non-hydrogen) atoms. The van der Waals surface area contributed by atoms with Crippen LogP contribution in [0.1, 0.15) is 18.5 Å². The summed E-state index contributed by atoms with van der Waals surface area (Å²) in [4.78, 5) is 0. The zero-order valence-corrected chi connectivity index (χ0v) is 15.9. The van der Waals surface area contributed by atoms with Crippen LogP contribution in [-0.4, -0.2) is 19.3 Å². The fourth-order valence-electron chi connectivity index (χ4n) is 2.19. The number of benzene rings is 2. The average molecular weight is 385 g/mol. The molecule has 4 nitrogen and oxygen atoms in total. The third-order valence-electron chi connectivity index (χ3n) is 3.43. The third-order valence-corrected chi connectivity index (χ3v) is 4.39. The summed E-state index contributed by atoms with van der Waals surface area (Å²) < 4.78 is 10.7. The molecule has 1 atom stereocenters. The van der Waals surface area contributed by atoms with Gasteiger partial charge in [0.2, 0.25) is 0 Å². The van der Waals surface area contributed by atoms with E-state index in [0.29, 0.717) is 15.2 Å². The molecule has 0 saturated carbocycles. The van der Waals surface area contributed by atoms with Crippen molar-refractivity contribution < 1.29 is 9.47 Å². The highest BCUT2D eigenvalue weighted by Crippen LogP contribution is 2.29. The van der Waals surface area contributed by atoms with Gasteiger partial charge >= 0.3 is 0 Å². The van der Waals surface area contributed by atoms with Gasteiger partial charge in [0.05, 0.1) is 30.3 Å². The van der Waals surface area contributed by atoms with Crippen LogP contribution in [0.2, 0.25) is 10.0 Å². The normalized spacial score (nSPS) is 11.5. The Morgan fingerprint density at radius 3 is 2.42 bits per heavy atom. The van der Waals surface area contributed by atoms with Gasteiger partial charge in [0.15, 0.2) is 5.11 Å². The van der Waals surface area contributed by atoms with Crippen molar-refractivity contribution in [2.75, 3.05) is 19.5 Å². The second kappa shape index (κ2) is 8.42. The molecule has 2 aromatic carbocycles. The van der Waals surface area contributed by atoms with Gasteiger partial charge in [0.25, 0.3) is 0 Å². The first-order valence-electron chi connectivity index (χ1n) is 7.19. The van der Waals surface area contributed by atoms with Gasteiger partial charge in [-0.15, -0.1) is 0 Å². The van der Waals surface area contributed by atoms with Crippen molar-refractivity contribution in [1.82, 2.24) is 5.32 Å². The van der Waals surface area contributed by atoms with E-state index in [1.165, 1.54) is 0 Å². The van der Waals surface area contributed by atoms with Crippen molar-refractivity contribution in [1.29, 1.82) is 0 Å². The molecule has 2 N–H and O–H groups in total. The van der Waals surface area contributed by atoms with Crippen LogP contribution in [0.15, 0.2) is 36.4 Å². The maximum absolute atomic E-state index is 6.01.